The zero-order valence-electron chi connectivity index (χ0n) is 11.7. The third kappa shape index (κ3) is 2.54. The average Bonchev–Trinajstić information content (AvgIpc) is 2.43. The third-order valence-corrected chi connectivity index (χ3v) is 4.67. The molecule has 0 atom stereocenters. The van der Waals surface area contributed by atoms with Gasteiger partial charge in [-0.3, -0.25) is 9.56 Å². The maximum absolute atomic E-state index is 13.9. The van der Waals surface area contributed by atoms with Gasteiger partial charge >= 0.3 is 5.69 Å². The molecule has 0 N–H and O–H groups in total. The molecule has 0 aliphatic carbocycles. The highest BCUT2D eigenvalue weighted by Crippen LogP contribution is 2.12. The van der Waals surface area contributed by atoms with Crippen LogP contribution in [0.25, 0.3) is 0 Å². The molecule has 6 nitrogen and oxygen atoms in total. The van der Waals surface area contributed by atoms with Crippen molar-refractivity contribution in [3.05, 3.63) is 57.8 Å². The van der Waals surface area contributed by atoms with E-state index in [4.69, 9.17) is 0 Å². The first-order valence-corrected chi connectivity index (χ1v) is 7.46. The molecule has 112 valence electrons. The van der Waals surface area contributed by atoms with Crippen molar-refractivity contribution >= 4 is 10.0 Å². The second-order valence-electron chi connectivity index (χ2n) is 4.48. The average molecular weight is 311 g/mol. The lowest BCUT2D eigenvalue weighted by atomic mass is 10.2. The number of hydrogen-bond acceptors (Lipinski definition) is 4. The molecular weight excluding hydrogens is 297 g/mol. The molecule has 0 unspecified atom stereocenters. The number of aryl methyl sites for hydroxylation is 1. The molecule has 0 aliphatic rings. The van der Waals surface area contributed by atoms with E-state index in [0.29, 0.717) is 10.2 Å². The van der Waals surface area contributed by atoms with Crippen molar-refractivity contribution in [2.24, 2.45) is 12.0 Å². The number of nitrogens with zero attached hydrogens (tertiary/aromatic N) is 3. The molecule has 1 heterocycles. The van der Waals surface area contributed by atoms with Crippen LogP contribution in [0.2, 0.25) is 0 Å². The molecule has 0 bridgehead atoms. The van der Waals surface area contributed by atoms with E-state index in [1.807, 2.05) is 0 Å². The van der Waals surface area contributed by atoms with Gasteiger partial charge in [0.05, 0.1) is 11.1 Å². The van der Waals surface area contributed by atoms with Gasteiger partial charge < -0.3 is 0 Å². The molecule has 0 saturated heterocycles. The summed E-state index contributed by atoms with van der Waals surface area (Å²) in [5.74, 6) is -0.893. The van der Waals surface area contributed by atoms with Gasteiger partial charge in [-0.05, 0) is 19.1 Å². The molecule has 1 aromatic heterocycles. The highest BCUT2D eigenvalue weighted by atomic mass is 32.2. The lowest BCUT2D eigenvalue weighted by molar-refractivity contribution is 0.537. The van der Waals surface area contributed by atoms with Crippen molar-refractivity contribution in [3.63, 3.8) is 0 Å². The Kier molecular flexibility index (Phi) is 3.82. The van der Waals surface area contributed by atoms with Gasteiger partial charge in [0.2, 0.25) is 0 Å². The molecular formula is C13H14FN3O3S. The molecule has 0 aliphatic heterocycles. The quantitative estimate of drug-likeness (QED) is 0.806. The Labute approximate surface area is 120 Å². The van der Waals surface area contributed by atoms with Crippen LogP contribution in [-0.4, -0.2) is 24.0 Å². The fraction of sp³-hybridized carbons (Fsp3) is 0.231. The fourth-order valence-corrected chi connectivity index (χ4v) is 3.13. The van der Waals surface area contributed by atoms with Crippen molar-refractivity contribution in [1.82, 2.24) is 8.54 Å². The van der Waals surface area contributed by atoms with Crippen LogP contribution in [0.3, 0.4) is 0 Å². The first kappa shape index (κ1) is 15.2. The Hall–Kier alpha value is -2.22. The number of hydrogen-bond donors (Lipinski definition) is 0. The Morgan fingerprint density at radius 1 is 1.19 bits per heavy atom. The van der Waals surface area contributed by atoms with Gasteiger partial charge in [-0.15, -0.1) is 0 Å². The molecule has 2 rings (SSSR count). The molecule has 0 spiro atoms. The first-order chi connectivity index (χ1) is 9.78. The third-order valence-electron chi connectivity index (χ3n) is 3.03. The summed E-state index contributed by atoms with van der Waals surface area (Å²) in [5, 5.41) is 0. The molecule has 0 amide bonds. The smallest absolute Gasteiger partial charge is 0.278 e. The summed E-state index contributed by atoms with van der Waals surface area (Å²) in [6, 6.07) is 5.94. The summed E-state index contributed by atoms with van der Waals surface area (Å²) in [6.45, 7) is 1.81. The van der Waals surface area contributed by atoms with E-state index in [1.165, 1.54) is 26.2 Å². The molecule has 2 aromatic rings. The largest absolute Gasteiger partial charge is 0.343 e. The van der Waals surface area contributed by atoms with Crippen LogP contribution in [0, 0.1) is 12.7 Å². The van der Waals surface area contributed by atoms with Gasteiger partial charge in [0.25, 0.3) is 10.0 Å². The summed E-state index contributed by atoms with van der Waals surface area (Å²) in [5.41, 5.74) is -0.230. The van der Waals surface area contributed by atoms with Crippen molar-refractivity contribution in [2.45, 2.75) is 11.8 Å². The zero-order valence-corrected chi connectivity index (χ0v) is 12.6. The van der Waals surface area contributed by atoms with Crippen LogP contribution < -0.4 is 11.2 Å². The Morgan fingerprint density at radius 2 is 1.76 bits per heavy atom. The number of aromatic nitrogens is 2. The standard InChI is InChI=1S/C13H14FN3O3S/c1-9-4-6-10(7-5-9)21(19,20)17-8-11(14)12(15-2)16(3)13(17)18/h4-8H,1-3H3/b15-12-. The van der Waals surface area contributed by atoms with Crippen LogP contribution >= 0.6 is 0 Å². The van der Waals surface area contributed by atoms with Crippen LogP contribution in [0.15, 0.2) is 45.1 Å². The number of rotatable bonds is 2. The van der Waals surface area contributed by atoms with Crippen molar-refractivity contribution < 1.29 is 12.8 Å². The second kappa shape index (κ2) is 5.28. The highest BCUT2D eigenvalue weighted by Gasteiger charge is 2.21. The summed E-state index contributed by atoms with van der Waals surface area (Å²) < 4.78 is 39.9. The van der Waals surface area contributed by atoms with Crippen LogP contribution in [0.1, 0.15) is 5.56 Å². The van der Waals surface area contributed by atoms with Crippen LogP contribution in [0.5, 0.6) is 0 Å². The molecule has 8 heteroatoms. The maximum atomic E-state index is 13.9. The molecule has 21 heavy (non-hydrogen) atoms. The van der Waals surface area contributed by atoms with E-state index in [2.05, 4.69) is 4.99 Å². The lowest BCUT2D eigenvalue weighted by Gasteiger charge is -2.10. The zero-order chi connectivity index (χ0) is 15.8. The monoisotopic (exact) mass is 311 g/mol. The summed E-state index contributed by atoms with van der Waals surface area (Å²) >= 11 is 0. The van der Waals surface area contributed by atoms with Gasteiger partial charge in [-0.1, -0.05) is 17.7 Å². The normalized spacial score (nSPS) is 12.7. The van der Waals surface area contributed by atoms with Crippen LogP contribution in [-0.2, 0) is 17.1 Å². The van der Waals surface area contributed by atoms with Gasteiger partial charge in [0.1, 0.15) is 0 Å². The minimum Gasteiger partial charge on any atom is -0.278 e. The lowest BCUT2D eigenvalue weighted by Crippen LogP contribution is -2.42. The topological polar surface area (TPSA) is 73.4 Å². The Morgan fingerprint density at radius 3 is 2.29 bits per heavy atom. The first-order valence-electron chi connectivity index (χ1n) is 6.02. The second-order valence-corrected chi connectivity index (χ2v) is 6.29. The van der Waals surface area contributed by atoms with E-state index in [1.54, 1.807) is 19.1 Å². The van der Waals surface area contributed by atoms with Gasteiger partial charge in [-0.2, -0.15) is 3.97 Å². The van der Waals surface area contributed by atoms with E-state index < -0.39 is 21.5 Å². The van der Waals surface area contributed by atoms with E-state index in [9.17, 15) is 17.6 Å². The predicted octanol–water partition coefficient (Wildman–Crippen LogP) is 0.402. The van der Waals surface area contributed by atoms with Gasteiger partial charge in [0.15, 0.2) is 11.3 Å². The van der Waals surface area contributed by atoms with E-state index in [-0.39, 0.29) is 10.4 Å². The van der Waals surface area contributed by atoms with Gasteiger partial charge in [-0.25, -0.2) is 17.6 Å². The maximum Gasteiger partial charge on any atom is 0.343 e. The summed E-state index contributed by atoms with van der Waals surface area (Å²) in [7, 11) is -1.58. The highest BCUT2D eigenvalue weighted by molar-refractivity contribution is 7.90. The molecule has 0 radical (unpaired) electrons. The molecule has 1 aromatic carbocycles. The predicted molar refractivity (Wildman–Crippen MR) is 74.9 cm³/mol. The van der Waals surface area contributed by atoms with Gasteiger partial charge in [0, 0.05) is 14.1 Å². The summed E-state index contributed by atoms with van der Waals surface area (Å²) in [6.07, 6.45) is 0.639. The van der Waals surface area contributed by atoms with E-state index in [0.717, 1.165) is 10.1 Å². The number of halogens is 1. The number of benzene rings is 1. The SMILES string of the molecule is C/N=c1/c(F)cn(S(=O)(=O)c2ccc(C)cc2)c(=O)n1C. The Bertz CT molecular complexity index is 909. The molecule has 0 saturated carbocycles. The van der Waals surface area contributed by atoms with Crippen molar-refractivity contribution in [1.29, 1.82) is 0 Å². The van der Waals surface area contributed by atoms with Crippen molar-refractivity contribution in [2.75, 3.05) is 7.05 Å². The summed E-state index contributed by atoms with van der Waals surface area (Å²) in [4.78, 5) is 15.6. The minimum atomic E-state index is -4.15. The van der Waals surface area contributed by atoms with Crippen molar-refractivity contribution in [3.8, 4) is 0 Å². The Balaban J connectivity index is 2.78. The molecule has 0 fully saturated rings. The van der Waals surface area contributed by atoms with Crippen LogP contribution in [0.4, 0.5) is 4.39 Å². The fourth-order valence-electron chi connectivity index (χ4n) is 1.87. The van der Waals surface area contributed by atoms with E-state index >= 15 is 0 Å². The minimum absolute atomic E-state index is 0.0872.